The van der Waals surface area contributed by atoms with Gasteiger partial charge in [-0.1, -0.05) is 24.3 Å². The Morgan fingerprint density at radius 1 is 1.13 bits per heavy atom. The molecule has 0 aliphatic carbocycles. The molecule has 0 bridgehead atoms. The van der Waals surface area contributed by atoms with Crippen LogP contribution >= 0.6 is 0 Å². The SMILES string of the molecule is NC(=O)c1cccc(-n2nc3c4ccccc4[nH]cc-3c2=O)c1. The van der Waals surface area contributed by atoms with Crippen molar-refractivity contribution in [2.75, 3.05) is 0 Å². The number of primary amides is 1. The summed E-state index contributed by atoms with van der Waals surface area (Å²) in [6.07, 6.45) is 1.65. The summed E-state index contributed by atoms with van der Waals surface area (Å²) in [7, 11) is 0. The molecule has 23 heavy (non-hydrogen) atoms. The van der Waals surface area contributed by atoms with E-state index in [1.54, 1.807) is 30.5 Å². The van der Waals surface area contributed by atoms with Crippen LogP contribution in [-0.2, 0) is 0 Å². The molecule has 0 saturated heterocycles. The van der Waals surface area contributed by atoms with Crippen LogP contribution in [0.4, 0.5) is 0 Å². The number of H-pyrrole nitrogens is 1. The average Bonchev–Trinajstić information content (AvgIpc) is 2.92. The monoisotopic (exact) mass is 304 g/mol. The third kappa shape index (κ3) is 2.00. The minimum atomic E-state index is -0.546. The van der Waals surface area contributed by atoms with Gasteiger partial charge in [-0.3, -0.25) is 9.59 Å². The zero-order valence-electron chi connectivity index (χ0n) is 12.0. The van der Waals surface area contributed by atoms with Crippen LogP contribution in [0.1, 0.15) is 10.4 Å². The first kappa shape index (κ1) is 13.3. The van der Waals surface area contributed by atoms with Crippen molar-refractivity contribution >= 4 is 16.8 Å². The van der Waals surface area contributed by atoms with Crippen molar-refractivity contribution in [2.45, 2.75) is 0 Å². The highest BCUT2D eigenvalue weighted by atomic mass is 16.1. The smallest absolute Gasteiger partial charge is 0.282 e. The molecule has 6 nitrogen and oxygen atoms in total. The molecule has 0 fully saturated rings. The van der Waals surface area contributed by atoms with Crippen molar-refractivity contribution in [1.29, 1.82) is 0 Å². The van der Waals surface area contributed by atoms with E-state index in [-0.39, 0.29) is 5.56 Å². The van der Waals surface area contributed by atoms with E-state index in [1.807, 2.05) is 24.3 Å². The summed E-state index contributed by atoms with van der Waals surface area (Å²) in [6.45, 7) is 0. The molecule has 2 aliphatic heterocycles. The van der Waals surface area contributed by atoms with E-state index in [0.29, 0.717) is 22.5 Å². The molecule has 112 valence electrons. The van der Waals surface area contributed by atoms with Gasteiger partial charge in [0, 0.05) is 22.7 Å². The first-order valence-corrected chi connectivity index (χ1v) is 7.04. The predicted octanol–water partition coefficient (Wildman–Crippen LogP) is 1.92. The van der Waals surface area contributed by atoms with E-state index < -0.39 is 5.91 Å². The fraction of sp³-hybridized carbons (Fsp3) is 0. The first-order chi connectivity index (χ1) is 11.1. The van der Waals surface area contributed by atoms with Crippen LogP contribution in [0.25, 0.3) is 27.8 Å². The maximum Gasteiger partial charge on any atom is 0.282 e. The fourth-order valence-corrected chi connectivity index (χ4v) is 2.68. The predicted molar refractivity (Wildman–Crippen MR) is 86.8 cm³/mol. The number of carbonyl (C=O) groups excluding carboxylic acids is 1. The van der Waals surface area contributed by atoms with Gasteiger partial charge in [-0.2, -0.15) is 9.78 Å². The molecule has 0 saturated carbocycles. The molecule has 2 aliphatic rings. The topological polar surface area (TPSA) is 93.8 Å². The number of para-hydroxylation sites is 1. The summed E-state index contributed by atoms with van der Waals surface area (Å²) in [6, 6.07) is 14.2. The number of pyridine rings is 1. The Hall–Kier alpha value is -3.41. The van der Waals surface area contributed by atoms with E-state index in [9.17, 15) is 9.59 Å². The van der Waals surface area contributed by atoms with E-state index in [4.69, 9.17) is 5.73 Å². The second kappa shape index (κ2) is 4.81. The molecule has 0 unspecified atom stereocenters. The third-order valence-corrected chi connectivity index (χ3v) is 3.81. The number of nitrogens with one attached hydrogen (secondary N) is 1. The molecule has 0 atom stereocenters. The summed E-state index contributed by atoms with van der Waals surface area (Å²) in [4.78, 5) is 27.0. The summed E-state index contributed by atoms with van der Waals surface area (Å²) < 4.78 is 1.29. The second-order valence-corrected chi connectivity index (χ2v) is 5.23. The molecule has 0 spiro atoms. The minimum Gasteiger partial charge on any atom is -0.366 e. The molecule has 2 aromatic rings. The molecular weight excluding hydrogens is 292 g/mol. The Bertz CT molecular complexity index is 1080. The maximum absolute atomic E-state index is 12.6. The third-order valence-electron chi connectivity index (χ3n) is 3.81. The summed E-state index contributed by atoms with van der Waals surface area (Å²) in [5, 5.41) is 5.31. The van der Waals surface area contributed by atoms with Gasteiger partial charge in [0.15, 0.2) is 0 Å². The number of hydrogen-bond donors (Lipinski definition) is 2. The Balaban J connectivity index is 2.02. The number of nitrogens with zero attached hydrogens (tertiary/aromatic N) is 2. The number of benzene rings is 2. The van der Waals surface area contributed by atoms with Crippen LogP contribution in [0, 0.1) is 0 Å². The number of amides is 1. The number of hydrogen-bond acceptors (Lipinski definition) is 3. The quantitative estimate of drug-likeness (QED) is 0.592. The molecule has 6 heteroatoms. The Kier molecular flexibility index (Phi) is 2.77. The minimum absolute atomic E-state index is 0.247. The fourth-order valence-electron chi connectivity index (χ4n) is 2.68. The number of nitrogens with two attached hydrogens (primary N) is 1. The van der Waals surface area contributed by atoms with Gasteiger partial charge < -0.3 is 10.7 Å². The standard InChI is InChI=1S/C17H12N4O2/c18-16(22)10-4-3-5-11(8-10)21-17(23)13-9-19-14-7-2-1-6-12(14)15(13)20-21/h1-9,19H,(H2,18,22). The average molecular weight is 304 g/mol. The van der Waals surface area contributed by atoms with Gasteiger partial charge in [0.2, 0.25) is 5.91 Å². The summed E-state index contributed by atoms with van der Waals surface area (Å²) in [5.74, 6) is -0.546. The van der Waals surface area contributed by atoms with Gasteiger partial charge in [0.1, 0.15) is 5.69 Å². The highest BCUT2D eigenvalue weighted by Gasteiger charge is 2.19. The zero-order chi connectivity index (χ0) is 16.0. The van der Waals surface area contributed by atoms with Gasteiger partial charge in [-0.15, -0.1) is 0 Å². The molecule has 0 radical (unpaired) electrons. The van der Waals surface area contributed by atoms with Gasteiger partial charge in [-0.25, -0.2) is 0 Å². The maximum atomic E-state index is 12.6. The number of fused-ring (bicyclic) bond motifs is 3. The molecule has 1 amide bonds. The second-order valence-electron chi connectivity index (χ2n) is 5.23. The van der Waals surface area contributed by atoms with Crippen LogP contribution in [0.2, 0.25) is 0 Å². The lowest BCUT2D eigenvalue weighted by molar-refractivity contribution is 0.100. The van der Waals surface area contributed by atoms with Crippen molar-refractivity contribution in [2.24, 2.45) is 5.73 Å². The van der Waals surface area contributed by atoms with E-state index in [0.717, 1.165) is 10.9 Å². The lowest BCUT2D eigenvalue weighted by Gasteiger charge is -2.02. The normalized spacial score (nSPS) is 11.1. The lowest BCUT2D eigenvalue weighted by atomic mass is 10.1. The molecule has 4 rings (SSSR count). The zero-order valence-corrected chi connectivity index (χ0v) is 12.0. The van der Waals surface area contributed by atoms with Gasteiger partial charge in [0.25, 0.3) is 5.56 Å². The van der Waals surface area contributed by atoms with E-state index >= 15 is 0 Å². The van der Waals surface area contributed by atoms with Crippen molar-refractivity contribution in [3.63, 3.8) is 0 Å². The van der Waals surface area contributed by atoms with Crippen LogP contribution < -0.4 is 11.3 Å². The highest BCUT2D eigenvalue weighted by Crippen LogP contribution is 2.25. The number of aromatic nitrogens is 3. The molecule has 3 N–H and O–H groups in total. The lowest BCUT2D eigenvalue weighted by Crippen LogP contribution is -2.16. The van der Waals surface area contributed by atoms with Crippen molar-refractivity contribution in [3.05, 3.63) is 70.6 Å². The van der Waals surface area contributed by atoms with Gasteiger partial charge in [-0.05, 0) is 24.3 Å². The Labute approximate surface area is 130 Å². The highest BCUT2D eigenvalue weighted by molar-refractivity contribution is 5.94. The van der Waals surface area contributed by atoms with Crippen LogP contribution in [0.5, 0.6) is 0 Å². The van der Waals surface area contributed by atoms with Crippen LogP contribution in [-0.4, -0.2) is 20.7 Å². The van der Waals surface area contributed by atoms with E-state index in [2.05, 4.69) is 10.1 Å². The van der Waals surface area contributed by atoms with Crippen LogP contribution in [0.3, 0.4) is 0 Å². The van der Waals surface area contributed by atoms with Crippen molar-refractivity contribution < 1.29 is 4.79 Å². The number of rotatable bonds is 2. The van der Waals surface area contributed by atoms with Gasteiger partial charge in [0.05, 0.1) is 11.3 Å². The van der Waals surface area contributed by atoms with Crippen molar-refractivity contribution in [1.82, 2.24) is 14.8 Å². The molecule has 0 aromatic heterocycles. The summed E-state index contributed by atoms with van der Waals surface area (Å²) in [5.41, 5.74) is 7.90. The van der Waals surface area contributed by atoms with Crippen LogP contribution in [0.15, 0.2) is 59.5 Å². The molecule has 2 heterocycles. The van der Waals surface area contributed by atoms with Crippen molar-refractivity contribution in [3.8, 4) is 16.9 Å². The number of carbonyl (C=O) groups is 1. The molecular formula is C17H12N4O2. The molecule has 2 aromatic carbocycles. The van der Waals surface area contributed by atoms with E-state index in [1.165, 1.54) is 4.68 Å². The Morgan fingerprint density at radius 2 is 1.96 bits per heavy atom. The van der Waals surface area contributed by atoms with Gasteiger partial charge >= 0.3 is 0 Å². The summed E-state index contributed by atoms with van der Waals surface area (Å²) >= 11 is 0. The largest absolute Gasteiger partial charge is 0.366 e. The number of aromatic amines is 1. The first-order valence-electron chi connectivity index (χ1n) is 7.04. The Morgan fingerprint density at radius 3 is 2.78 bits per heavy atom.